The van der Waals surface area contributed by atoms with Crippen LogP contribution < -0.4 is 0 Å². The lowest BCUT2D eigenvalue weighted by Crippen LogP contribution is -2.39. The molecule has 21 heavy (non-hydrogen) atoms. The van der Waals surface area contributed by atoms with Crippen LogP contribution in [0.1, 0.15) is 16.1 Å². The van der Waals surface area contributed by atoms with Gasteiger partial charge in [0.15, 0.2) is 9.84 Å². The van der Waals surface area contributed by atoms with Gasteiger partial charge in [0.05, 0.1) is 11.5 Å². The maximum absolute atomic E-state index is 11.4. The molecule has 0 spiro atoms. The molecule has 0 aliphatic carbocycles. The van der Waals surface area contributed by atoms with E-state index in [0.29, 0.717) is 25.2 Å². The third kappa shape index (κ3) is 3.08. The molecule has 1 aromatic heterocycles. The first-order valence-corrected chi connectivity index (χ1v) is 8.44. The number of furan rings is 1. The van der Waals surface area contributed by atoms with E-state index in [0.717, 1.165) is 10.9 Å². The zero-order valence-electron chi connectivity index (χ0n) is 11.3. The van der Waals surface area contributed by atoms with Gasteiger partial charge in [-0.3, -0.25) is 4.90 Å². The molecular weight excluding hydrogens is 294 g/mol. The largest absolute Gasteiger partial charge is 0.475 e. The van der Waals surface area contributed by atoms with Gasteiger partial charge in [-0.1, -0.05) is 6.07 Å². The summed E-state index contributed by atoms with van der Waals surface area (Å²) in [6.45, 7) is 1.72. The van der Waals surface area contributed by atoms with E-state index in [1.54, 1.807) is 6.07 Å². The Balaban J connectivity index is 1.77. The molecule has 2 heterocycles. The van der Waals surface area contributed by atoms with E-state index in [1.165, 1.54) is 6.07 Å². The van der Waals surface area contributed by atoms with Crippen LogP contribution in [0.3, 0.4) is 0 Å². The minimum atomic E-state index is -2.87. The van der Waals surface area contributed by atoms with Crippen LogP contribution in [0.4, 0.5) is 0 Å². The van der Waals surface area contributed by atoms with Crippen LogP contribution in [0.2, 0.25) is 0 Å². The molecule has 0 saturated carbocycles. The van der Waals surface area contributed by atoms with Crippen LogP contribution in [0.25, 0.3) is 11.0 Å². The first kappa shape index (κ1) is 14.1. The Morgan fingerprint density at radius 2 is 1.95 bits per heavy atom. The summed E-state index contributed by atoms with van der Waals surface area (Å²) in [6, 6.07) is 7.01. The Kier molecular flexibility index (Phi) is 3.46. The van der Waals surface area contributed by atoms with E-state index in [4.69, 9.17) is 9.52 Å². The Bertz CT molecular complexity index is 779. The Morgan fingerprint density at radius 3 is 2.62 bits per heavy atom. The Hall–Kier alpha value is -1.86. The number of sulfone groups is 1. The van der Waals surface area contributed by atoms with Crippen molar-refractivity contribution in [1.82, 2.24) is 4.90 Å². The maximum atomic E-state index is 11.4. The van der Waals surface area contributed by atoms with Crippen LogP contribution in [-0.4, -0.2) is 49.0 Å². The zero-order valence-corrected chi connectivity index (χ0v) is 12.1. The van der Waals surface area contributed by atoms with Crippen molar-refractivity contribution in [1.29, 1.82) is 0 Å². The van der Waals surface area contributed by atoms with Crippen LogP contribution >= 0.6 is 0 Å². The van der Waals surface area contributed by atoms with E-state index in [-0.39, 0.29) is 17.3 Å². The highest BCUT2D eigenvalue weighted by molar-refractivity contribution is 7.91. The average Bonchev–Trinajstić information content (AvgIpc) is 2.84. The van der Waals surface area contributed by atoms with Crippen molar-refractivity contribution in [3.8, 4) is 0 Å². The van der Waals surface area contributed by atoms with Crippen molar-refractivity contribution in [3.63, 3.8) is 0 Å². The van der Waals surface area contributed by atoms with Crippen molar-refractivity contribution in [3.05, 3.63) is 35.6 Å². The van der Waals surface area contributed by atoms with Gasteiger partial charge in [-0.25, -0.2) is 13.2 Å². The molecule has 0 radical (unpaired) electrons. The molecule has 112 valence electrons. The van der Waals surface area contributed by atoms with Crippen LogP contribution in [-0.2, 0) is 16.4 Å². The molecule has 0 atom stereocenters. The second-order valence-corrected chi connectivity index (χ2v) is 7.52. The fraction of sp³-hybridized carbons (Fsp3) is 0.357. The van der Waals surface area contributed by atoms with E-state index >= 15 is 0 Å². The predicted molar refractivity (Wildman–Crippen MR) is 77.1 cm³/mol. The van der Waals surface area contributed by atoms with E-state index in [1.807, 2.05) is 12.1 Å². The van der Waals surface area contributed by atoms with Gasteiger partial charge in [0.25, 0.3) is 0 Å². The average molecular weight is 309 g/mol. The van der Waals surface area contributed by atoms with Crippen molar-refractivity contribution >= 4 is 26.8 Å². The highest BCUT2D eigenvalue weighted by atomic mass is 32.2. The lowest BCUT2D eigenvalue weighted by Gasteiger charge is -2.26. The fourth-order valence-corrected chi connectivity index (χ4v) is 3.74. The van der Waals surface area contributed by atoms with Gasteiger partial charge in [-0.15, -0.1) is 0 Å². The summed E-state index contributed by atoms with van der Waals surface area (Å²) in [5.74, 6) is -0.769. The SMILES string of the molecule is O=C(O)c1cc2cc(CN3CCS(=O)(=O)CC3)ccc2o1. The van der Waals surface area contributed by atoms with Crippen molar-refractivity contribution in [2.75, 3.05) is 24.6 Å². The number of hydrogen-bond acceptors (Lipinski definition) is 5. The number of carboxylic acid groups (broad SMARTS) is 1. The number of carboxylic acids is 1. The van der Waals surface area contributed by atoms with Crippen LogP contribution in [0.5, 0.6) is 0 Å². The number of hydrogen-bond donors (Lipinski definition) is 1. The summed E-state index contributed by atoms with van der Waals surface area (Å²) >= 11 is 0. The number of aromatic carboxylic acids is 1. The molecule has 1 aliphatic heterocycles. The van der Waals surface area contributed by atoms with Crippen molar-refractivity contribution < 1.29 is 22.7 Å². The number of nitrogens with zero attached hydrogens (tertiary/aromatic N) is 1. The smallest absolute Gasteiger partial charge is 0.371 e. The molecule has 1 N–H and O–H groups in total. The topological polar surface area (TPSA) is 87.8 Å². The lowest BCUT2D eigenvalue weighted by molar-refractivity contribution is 0.0665. The molecule has 0 bridgehead atoms. The summed E-state index contributed by atoms with van der Waals surface area (Å²) < 4.78 is 28.0. The maximum Gasteiger partial charge on any atom is 0.371 e. The van der Waals surface area contributed by atoms with Gasteiger partial charge in [-0.2, -0.15) is 0 Å². The Labute approximate surface area is 121 Å². The summed E-state index contributed by atoms with van der Waals surface area (Å²) in [6.07, 6.45) is 0. The molecule has 7 heteroatoms. The highest BCUT2D eigenvalue weighted by Gasteiger charge is 2.21. The first-order valence-electron chi connectivity index (χ1n) is 6.61. The van der Waals surface area contributed by atoms with Crippen LogP contribution in [0.15, 0.2) is 28.7 Å². The molecule has 1 fully saturated rings. The summed E-state index contributed by atoms with van der Waals surface area (Å²) in [5, 5.41) is 9.65. The van der Waals surface area contributed by atoms with E-state index in [9.17, 15) is 13.2 Å². The van der Waals surface area contributed by atoms with E-state index in [2.05, 4.69) is 4.90 Å². The number of benzene rings is 1. The summed E-state index contributed by atoms with van der Waals surface area (Å²) in [7, 11) is -2.87. The quantitative estimate of drug-likeness (QED) is 0.921. The third-order valence-corrected chi connectivity index (χ3v) is 5.24. The number of rotatable bonds is 3. The van der Waals surface area contributed by atoms with Gasteiger partial charge < -0.3 is 9.52 Å². The molecule has 3 rings (SSSR count). The van der Waals surface area contributed by atoms with E-state index < -0.39 is 15.8 Å². The van der Waals surface area contributed by atoms with Crippen molar-refractivity contribution in [2.45, 2.75) is 6.54 Å². The molecule has 1 saturated heterocycles. The zero-order chi connectivity index (χ0) is 15.0. The molecule has 1 aromatic carbocycles. The minimum Gasteiger partial charge on any atom is -0.475 e. The first-order chi connectivity index (χ1) is 9.93. The second-order valence-electron chi connectivity index (χ2n) is 5.22. The predicted octanol–water partition coefficient (Wildman–Crippen LogP) is 1.36. The third-order valence-electron chi connectivity index (χ3n) is 3.63. The highest BCUT2D eigenvalue weighted by Crippen LogP contribution is 2.22. The van der Waals surface area contributed by atoms with Gasteiger partial charge in [-0.05, 0) is 23.8 Å². The Morgan fingerprint density at radius 1 is 1.24 bits per heavy atom. The van der Waals surface area contributed by atoms with Gasteiger partial charge in [0.2, 0.25) is 5.76 Å². The normalized spacial score (nSPS) is 18.9. The van der Waals surface area contributed by atoms with Gasteiger partial charge in [0, 0.05) is 25.0 Å². The minimum absolute atomic E-state index is 0.0776. The summed E-state index contributed by atoms with van der Waals surface area (Å²) in [5.41, 5.74) is 1.55. The lowest BCUT2D eigenvalue weighted by atomic mass is 10.1. The van der Waals surface area contributed by atoms with Crippen LogP contribution in [0, 0.1) is 0 Å². The monoisotopic (exact) mass is 309 g/mol. The molecule has 2 aromatic rings. The molecular formula is C14H15NO5S. The molecule has 1 aliphatic rings. The molecule has 6 nitrogen and oxygen atoms in total. The summed E-state index contributed by atoms with van der Waals surface area (Å²) in [4.78, 5) is 13.0. The number of carbonyl (C=O) groups is 1. The van der Waals surface area contributed by atoms with Gasteiger partial charge in [0.1, 0.15) is 5.58 Å². The standard InChI is InChI=1S/C14H15NO5S/c16-14(17)13-8-11-7-10(1-2-12(11)20-13)9-15-3-5-21(18,19)6-4-15/h1-2,7-8H,3-6,9H2,(H,16,17). The van der Waals surface area contributed by atoms with Crippen molar-refractivity contribution in [2.24, 2.45) is 0 Å². The second kappa shape index (κ2) is 5.16. The van der Waals surface area contributed by atoms with Gasteiger partial charge >= 0.3 is 5.97 Å². The molecule has 0 unspecified atom stereocenters. The fourth-order valence-electron chi connectivity index (χ4n) is 2.46. The molecule has 0 amide bonds. The number of fused-ring (bicyclic) bond motifs is 1.